The van der Waals surface area contributed by atoms with Crippen LogP contribution in [0.3, 0.4) is 0 Å². The second kappa shape index (κ2) is 10.0. The lowest BCUT2D eigenvalue weighted by Crippen LogP contribution is -2.59. The molecular formula is C26H43N5O4S. The summed E-state index contributed by atoms with van der Waals surface area (Å²) < 4.78 is 12.2. The highest BCUT2D eigenvalue weighted by atomic mass is 32.2. The molecule has 5 aliphatic heterocycles. The predicted octanol–water partition coefficient (Wildman–Crippen LogP) is 0.929. The first-order chi connectivity index (χ1) is 17.3. The van der Waals surface area contributed by atoms with Crippen LogP contribution in [0.1, 0.15) is 52.4 Å². The lowest BCUT2D eigenvalue weighted by Gasteiger charge is -2.47. The molecule has 5 saturated heterocycles. The van der Waals surface area contributed by atoms with E-state index in [2.05, 4.69) is 29.5 Å². The van der Waals surface area contributed by atoms with Gasteiger partial charge in [-0.05, 0) is 61.7 Å². The molecule has 9 nitrogen and oxygen atoms in total. The average Bonchev–Trinajstić information content (AvgIpc) is 3.47. The third kappa shape index (κ3) is 4.94. The topological polar surface area (TPSA) is 109 Å². The quantitative estimate of drug-likeness (QED) is 0.401. The van der Waals surface area contributed by atoms with E-state index in [-0.39, 0.29) is 22.7 Å². The Bertz CT molecular complexity index is 860. The molecule has 9 atom stereocenters. The molecule has 1 saturated carbocycles. The van der Waals surface area contributed by atoms with Crippen LogP contribution in [0.25, 0.3) is 0 Å². The van der Waals surface area contributed by atoms with Gasteiger partial charge in [0.1, 0.15) is 6.04 Å². The van der Waals surface area contributed by atoms with Crippen LogP contribution in [0, 0.1) is 23.2 Å². The van der Waals surface area contributed by atoms with Gasteiger partial charge in [0, 0.05) is 37.5 Å². The van der Waals surface area contributed by atoms with Crippen LogP contribution in [0.15, 0.2) is 0 Å². The van der Waals surface area contributed by atoms with E-state index in [1.54, 1.807) is 5.01 Å². The van der Waals surface area contributed by atoms with E-state index in [4.69, 9.17) is 15.2 Å². The van der Waals surface area contributed by atoms with Gasteiger partial charge in [0.15, 0.2) is 0 Å². The van der Waals surface area contributed by atoms with Crippen molar-refractivity contribution >= 4 is 23.6 Å². The lowest BCUT2D eigenvalue weighted by atomic mass is 9.68. The first-order valence-electron chi connectivity index (χ1n) is 14.0. The molecular weight excluding hydrogens is 478 g/mol. The fourth-order valence-electron chi connectivity index (χ4n) is 7.85. The van der Waals surface area contributed by atoms with Crippen molar-refractivity contribution in [3.63, 3.8) is 0 Å². The molecule has 0 aromatic carbocycles. The first-order valence-corrected chi connectivity index (χ1v) is 15.1. The van der Waals surface area contributed by atoms with Gasteiger partial charge in [-0.3, -0.25) is 19.5 Å². The van der Waals surface area contributed by atoms with Crippen LogP contribution in [0.2, 0.25) is 0 Å². The number of amides is 1. The Labute approximate surface area is 218 Å². The zero-order valence-electron chi connectivity index (χ0n) is 21.7. The summed E-state index contributed by atoms with van der Waals surface area (Å²) >= 11 is 1.90. The predicted molar refractivity (Wildman–Crippen MR) is 138 cm³/mol. The number of fused-ring (bicyclic) bond motifs is 6. The molecule has 0 radical (unpaired) electrons. The van der Waals surface area contributed by atoms with Crippen molar-refractivity contribution in [2.45, 2.75) is 88.0 Å². The summed E-state index contributed by atoms with van der Waals surface area (Å²) in [6.45, 7) is 8.41. The number of nitrogens with two attached hydrogens (primary N) is 1. The van der Waals surface area contributed by atoms with Gasteiger partial charge < -0.3 is 20.5 Å². The van der Waals surface area contributed by atoms with Crippen molar-refractivity contribution in [3.05, 3.63) is 0 Å². The smallest absolute Gasteiger partial charge is 0.324 e. The number of hydrazine groups is 1. The number of nitrogens with one attached hydrogen (secondary N) is 2. The Hall–Kier alpha value is -0.910. The average molecular weight is 522 g/mol. The fourth-order valence-corrected chi connectivity index (χ4v) is 9.28. The fraction of sp³-hybridized carbons (Fsp3) is 0.923. The van der Waals surface area contributed by atoms with Crippen molar-refractivity contribution in [2.24, 2.45) is 28.9 Å². The number of morpholine rings is 1. The molecule has 202 valence electrons. The van der Waals surface area contributed by atoms with Crippen molar-refractivity contribution in [2.75, 3.05) is 38.6 Å². The first kappa shape index (κ1) is 25.4. The highest BCUT2D eigenvalue weighted by Gasteiger charge is 2.53. The molecule has 0 spiro atoms. The van der Waals surface area contributed by atoms with Gasteiger partial charge >= 0.3 is 5.97 Å². The maximum absolute atomic E-state index is 13.1. The van der Waals surface area contributed by atoms with Crippen LogP contribution >= 0.6 is 11.8 Å². The summed E-state index contributed by atoms with van der Waals surface area (Å²) in [4.78, 5) is 28.8. The standard InChI is InChI=1S/C26H43N5O4S/c1-26(2)11-16-12-30-6-7-34-21-9-15(8-17(16)23(21)30)20-13-36-22(28-20)10-18(27)24(32)31-5-3-4-19(29-31)25(33)35-14-26/h15-23,28-29H,3-14,27H2,1-2H3/t15?,16?,17?,18-,19-,20?,21?,22?,23?/m0/s1. The van der Waals surface area contributed by atoms with E-state index < -0.39 is 12.1 Å². The molecule has 6 rings (SSSR count). The highest BCUT2D eigenvalue weighted by molar-refractivity contribution is 8.00. The van der Waals surface area contributed by atoms with Crippen molar-refractivity contribution in [3.8, 4) is 0 Å². The van der Waals surface area contributed by atoms with Gasteiger partial charge in [-0.2, -0.15) is 0 Å². The molecule has 0 aromatic heterocycles. The summed E-state index contributed by atoms with van der Waals surface area (Å²) in [5.74, 6) is 2.45. The molecule has 5 heterocycles. The summed E-state index contributed by atoms with van der Waals surface area (Å²) in [5.41, 5.74) is 9.42. The Morgan fingerprint density at radius 2 is 2.00 bits per heavy atom. The van der Waals surface area contributed by atoms with E-state index in [9.17, 15) is 9.59 Å². The van der Waals surface area contributed by atoms with Gasteiger partial charge in [-0.25, -0.2) is 5.43 Å². The summed E-state index contributed by atoms with van der Waals surface area (Å²) in [5, 5.41) is 5.59. The van der Waals surface area contributed by atoms with E-state index in [1.165, 1.54) is 6.42 Å². The lowest BCUT2D eigenvalue weighted by molar-refractivity contribution is -0.155. The molecule has 1 aliphatic carbocycles. The largest absolute Gasteiger partial charge is 0.464 e. The van der Waals surface area contributed by atoms with Crippen LogP contribution < -0.4 is 16.5 Å². The molecule has 36 heavy (non-hydrogen) atoms. The van der Waals surface area contributed by atoms with Crippen molar-refractivity contribution < 1.29 is 19.1 Å². The number of cyclic esters (lactones) is 1. The number of carbonyl (C=O) groups excluding carboxylic acids is 2. The van der Waals surface area contributed by atoms with Gasteiger partial charge in [-0.15, -0.1) is 11.8 Å². The van der Waals surface area contributed by atoms with Gasteiger partial charge in [-0.1, -0.05) is 13.8 Å². The summed E-state index contributed by atoms with van der Waals surface area (Å²) in [6, 6.07) is -0.129. The molecule has 4 N–H and O–H groups in total. The minimum absolute atomic E-state index is 0.108. The van der Waals surface area contributed by atoms with Crippen LogP contribution in [0.5, 0.6) is 0 Å². The number of thioether (sulfide) groups is 1. The third-order valence-corrected chi connectivity index (χ3v) is 10.8. The van der Waals surface area contributed by atoms with E-state index in [0.29, 0.717) is 61.9 Å². The van der Waals surface area contributed by atoms with Crippen molar-refractivity contribution in [1.29, 1.82) is 0 Å². The SMILES string of the molecule is CC1(C)COC(=O)[C@@H]2CCCN(N2)C(=O)[C@@H](N)CC2NC(CS2)C2CC3OCCN4CC(C1)C(C2)C34. The Kier molecular flexibility index (Phi) is 7.05. The molecule has 10 heteroatoms. The van der Waals surface area contributed by atoms with Crippen LogP contribution in [0.4, 0.5) is 0 Å². The van der Waals surface area contributed by atoms with Gasteiger partial charge in [0.2, 0.25) is 0 Å². The maximum Gasteiger partial charge on any atom is 0.324 e. The van der Waals surface area contributed by atoms with E-state index in [1.807, 2.05) is 11.8 Å². The summed E-state index contributed by atoms with van der Waals surface area (Å²) in [6.07, 6.45) is 5.72. The van der Waals surface area contributed by atoms with E-state index in [0.717, 1.165) is 44.7 Å². The Morgan fingerprint density at radius 3 is 2.86 bits per heavy atom. The molecule has 7 unspecified atom stereocenters. The van der Waals surface area contributed by atoms with Gasteiger partial charge in [0.05, 0.1) is 30.7 Å². The minimum atomic E-state index is -0.598. The van der Waals surface area contributed by atoms with Gasteiger partial charge in [0.25, 0.3) is 5.91 Å². The number of hydrogen-bond acceptors (Lipinski definition) is 9. The van der Waals surface area contributed by atoms with Crippen LogP contribution in [-0.2, 0) is 19.1 Å². The number of nitrogens with zero attached hydrogens (tertiary/aromatic N) is 2. The second-order valence-corrected chi connectivity index (χ2v) is 14.0. The molecule has 6 fully saturated rings. The monoisotopic (exact) mass is 521 g/mol. The number of hydrogen-bond donors (Lipinski definition) is 3. The number of rotatable bonds is 0. The maximum atomic E-state index is 13.1. The van der Waals surface area contributed by atoms with Crippen LogP contribution in [-0.4, -0.2) is 96.0 Å². The number of esters is 1. The third-order valence-electron chi connectivity index (χ3n) is 9.52. The molecule has 0 aromatic rings. The summed E-state index contributed by atoms with van der Waals surface area (Å²) in [7, 11) is 0. The molecule has 1 amide bonds. The zero-order chi connectivity index (χ0) is 25.0. The number of carbonyl (C=O) groups is 2. The van der Waals surface area contributed by atoms with E-state index >= 15 is 0 Å². The Balaban J connectivity index is 1.25. The number of ether oxygens (including phenoxy) is 2. The molecule has 6 bridgehead atoms. The second-order valence-electron chi connectivity index (χ2n) is 12.8. The minimum Gasteiger partial charge on any atom is -0.464 e. The normalized spacial score (nSPS) is 45.6. The highest BCUT2D eigenvalue weighted by Crippen LogP contribution is 2.49. The molecule has 6 aliphatic rings. The Morgan fingerprint density at radius 1 is 1.14 bits per heavy atom. The zero-order valence-corrected chi connectivity index (χ0v) is 22.5. The van der Waals surface area contributed by atoms with Crippen molar-refractivity contribution in [1.82, 2.24) is 20.7 Å².